The molecule has 1 atom stereocenters. The highest BCUT2D eigenvalue weighted by Gasteiger charge is 2.41. The third-order valence-electron chi connectivity index (χ3n) is 5.95. The average molecular weight is 375 g/mol. The van der Waals surface area contributed by atoms with Gasteiger partial charge < -0.3 is 9.80 Å². The summed E-state index contributed by atoms with van der Waals surface area (Å²) < 4.78 is 0. The van der Waals surface area contributed by atoms with Gasteiger partial charge in [0.25, 0.3) is 0 Å². The zero-order valence-corrected chi connectivity index (χ0v) is 16.0. The molecule has 1 amide bonds. The Bertz CT molecular complexity index is 878. The Kier molecular flexibility index (Phi) is 5.25. The zero-order chi connectivity index (χ0) is 19.4. The number of aromatic nitrogens is 2. The van der Waals surface area contributed by atoms with Crippen molar-refractivity contribution >= 4 is 11.7 Å². The van der Waals surface area contributed by atoms with Crippen molar-refractivity contribution in [3.63, 3.8) is 0 Å². The van der Waals surface area contributed by atoms with Gasteiger partial charge in [-0.05, 0) is 43.5 Å². The van der Waals surface area contributed by atoms with E-state index >= 15 is 0 Å². The maximum Gasteiger partial charge on any atom is 0.222 e. The molecule has 2 fully saturated rings. The van der Waals surface area contributed by atoms with Crippen molar-refractivity contribution in [3.05, 3.63) is 54.0 Å². The number of rotatable bonds is 4. The van der Waals surface area contributed by atoms with Crippen LogP contribution < -0.4 is 4.90 Å². The van der Waals surface area contributed by atoms with E-state index in [1.165, 1.54) is 0 Å². The summed E-state index contributed by atoms with van der Waals surface area (Å²) in [5.74, 6) is 1.12. The van der Waals surface area contributed by atoms with E-state index < -0.39 is 0 Å². The van der Waals surface area contributed by atoms with Crippen LogP contribution in [0, 0.1) is 16.7 Å². The quantitative estimate of drug-likeness (QED) is 0.822. The van der Waals surface area contributed by atoms with Crippen LogP contribution in [0.2, 0.25) is 0 Å². The maximum absolute atomic E-state index is 12.5. The summed E-state index contributed by atoms with van der Waals surface area (Å²) in [6, 6.07) is 13.7. The Labute approximate surface area is 165 Å². The molecule has 2 saturated heterocycles. The molecule has 0 N–H and O–H groups in total. The fourth-order valence-electron chi connectivity index (χ4n) is 4.50. The van der Waals surface area contributed by atoms with E-state index in [9.17, 15) is 4.79 Å². The minimum Gasteiger partial charge on any atom is -0.356 e. The van der Waals surface area contributed by atoms with Crippen molar-refractivity contribution in [2.24, 2.45) is 5.41 Å². The number of hydrogen-bond donors (Lipinski definition) is 0. The molecule has 6 heteroatoms. The molecule has 6 nitrogen and oxygen atoms in total. The predicted molar refractivity (Wildman–Crippen MR) is 107 cm³/mol. The summed E-state index contributed by atoms with van der Waals surface area (Å²) in [6.07, 6.45) is 6.35. The molecule has 2 aliphatic rings. The first kappa shape index (κ1) is 18.4. The molecule has 4 rings (SSSR count). The van der Waals surface area contributed by atoms with Gasteiger partial charge >= 0.3 is 0 Å². The molecule has 2 aromatic rings. The molecule has 0 saturated carbocycles. The van der Waals surface area contributed by atoms with Gasteiger partial charge in [0.15, 0.2) is 0 Å². The van der Waals surface area contributed by atoms with Gasteiger partial charge in [0.1, 0.15) is 17.6 Å². The lowest BCUT2D eigenvalue weighted by molar-refractivity contribution is -0.137. The van der Waals surface area contributed by atoms with Crippen molar-refractivity contribution in [3.8, 4) is 6.07 Å². The Morgan fingerprint density at radius 1 is 1.14 bits per heavy atom. The smallest absolute Gasteiger partial charge is 0.222 e. The molecule has 2 aliphatic heterocycles. The number of anilines is 1. The van der Waals surface area contributed by atoms with Crippen LogP contribution in [0.15, 0.2) is 42.6 Å². The molecular formula is C22H25N5O. The first-order chi connectivity index (χ1) is 13.7. The minimum atomic E-state index is 0.112. The van der Waals surface area contributed by atoms with Crippen LogP contribution in [0.3, 0.4) is 0 Å². The highest BCUT2D eigenvalue weighted by Crippen LogP contribution is 2.39. The number of likely N-dealkylation sites (tertiary alicyclic amines) is 1. The van der Waals surface area contributed by atoms with Crippen LogP contribution in [0.4, 0.5) is 5.82 Å². The Hall–Kier alpha value is -2.94. The summed E-state index contributed by atoms with van der Waals surface area (Å²) in [6.45, 7) is 3.36. The molecular weight excluding hydrogens is 350 g/mol. The van der Waals surface area contributed by atoms with Gasteiger partial charge in [0, 0.05) is 56.3 Å². The van der Waals surface area contributed by atoms with E-state index in [0.717, 1.165) is 63.4 Å². The van der Waals surface area contributed by atoms with Crippen molar-refractivity contribution in [2.75, 3.05) is 31.1 Å². The fourth-order valence-corrected chi connectivity index (χ4v) is 4.50. The number of carbonyl (C=O) groups excluding carboxylic acids is 1. The number of amides is 1. The summed E-state index contributed by atoms with van der Waals surface area (Å²) >= 11 is 0. The number of piperidine rings is 2. The van der Waals surface area contributed by atoms with E-state index in [4.69, 9.17) is 5.26 Å². The summed E-state index contributed by atoms with van der Waals surface area (Å²) in [4.78, 5) is 25.7. The number of nitrogens with zero attached hydrogens (tertiary/aromatic N) is 5. The number of carbonyl (C=O) groups is 1. The highest BCUT2D eigenvalue weighted by molar-refractivity contribution is 5.77. The van der Waals surface area contributed by atoms with Crippen molar-refractivity contribution in [1.29, 1.82) is 5.26 Å². The molecule has 0 unspecified atom stereocenters. The van der Waals surface area contributed by atoms with E-state index in [1.807, 2.05) is 35.2 Å². The van der Waals surface area contributed by atoms with E-state index in [1.54, 1.807) is 12.3 Å². The van der Waals surface area contributed by atoms with Crippen molar-refractivity contribution in [1.82, 2.24) is 14.9 Å². The first-order valence-electron chi connectivity index (χ1n) is 9.97. The van der Waals surface area contributed by atoms with Gasteiger partial charge in [-0.15, -0.1) is 0 Å². The van der Waals surface area contributed by atoms with Gasteiger partial charge in [-0.1, -0.05) is 12.1 Å². The lowest BCUT2D eigenvalue weighted by Crippen LogP contribution is -2.54. The van der Waals surface area contributed by atoms with E-state index in [-0.39, 0.29) is 11.3 Å². The fraction of sp³-hybridized carbons (Fsp3) is 0.455. The average Bonchev–Trinajstić information content (AvgIpc) is 2.75. The van der Waals surface area contributed by atoms with Gasteiger partial charge in [-0.2, -0.15) is 5.26 Å². The third kappa shape index (κ3) is 3.99. The highest BCUT2D eigenvalue weighted by atomic mass is 16.2. The van der Waals surface area contributed by atoms with Crippen LogP contribution in [0.25, 0.3) is 0 Å². The number of pyridine rings is 2. The topological polar surface area (TPSA) is 73.1 Å². The Balaban J connectivity index is 1.45. The monoisotopic (exact) mass is 375 g/mol. The summed E-state index contributed by atoms with van der Waals surface area (Å²) in [7, 11) is 0. The number of nitriles is 1. The molecule has 144 valence electrons. The lowest BCUT2D eigenvalue weighted by Gasteiger charge is -2.48. The van der Waals surface area contributed by atoms with Crippen LogP contribution in [0.1, 0.15) is 37.1 Å². The van der Waals surface area contributed by atoms with Gasteiger partial charge in [-0.25, -0.2) is 4.98 Å². The van der Waals surface area contributed by atoms with Crippen LogP contribution in [-0.4, -0.2) is 47.0 Å². The third-order valence-corrected chi connectivity index (χ3v) is 5.95. The summed E-state index contributed by atoms with van der Waals surface area (Å²) in [5, 5.41) is 9.14. The maximum atomic E-state index is 12.5. The molecule has 0 bridgehead atoms. The van der Waals surface area contributed by atoms with Crippen LogP contribution in [0.5, 0.6) is 0 Å². The Morgan fingerprint density at radius 3 is 2.89 bits per heavy atom. The van der Waals surface area contributed by atoms with Gasteiger partial charge in [0.05, 0.1) is 0 Å². The second-order valence-corrected chi connectivity index (χ2v) is 7.90. The SMILES string of the molecule is N#Cc1cccc(N2CCC[C@]3(CCC(=O)N(CCc4ccccn4)C3)C2)n1. The zero-order valence-electron chi connectivity index (χ0n) is 16.0. The van der Waals surface area contributed by atoms with E-state index in [2.05, 4.69) is 20.9 Å². The normalized spacial score (nSPS) is 22.3. The first-order valence-corrected chi connectivity index (χ1v) is 9.97. The van der Waals surface area contributed by atoms with Crippen LogP contribution in [-0.2, 0) is 11.2 Å². The molecule has 0 aromatic carbocycles. The predicted octanol–water partition coefficient (Wildman–Crippen LogP) is 2.80. The van der Waals surface area contributed by atoms with Crippen LogP contribution >= 0.6 is 0 Å². The second-order valence-electron chi connectivity index (χ2n) is 7.90. The molecule has 0 radical (unpaired) electrons. The molecule has 4 heterocycles. The van der Waals surface area contributed by atoms with E-state index in [0.29, 0.717) is 12.1 Å². The molecule has 1 spiro atoms. The van der Waals surface area contributed by atoms with Crippen molar-refractivity contribution < 1.29 is 4.79 Å². The largest absolute Gasteiger partial charge is 0.356 e. The van der Waals surface area contributed by atoms with Gasteiger partial charge in [-0.3, -0.25) is 9.78 Å². The molecule has 28 heavy (non-hydrogen) atoms. The molecule has 2 aromatic heterocycles. The lowest BCUT2D eigenvalue weighted by atomic mass is 9.73. The number of hydrogen-bond acceptors (Lipinski definition) is 5. The molecule has 0 aliphatic carbocycles. The second kappa shape index (κ2) is 7.97. The van der Waals surface area contributed by atoms with Crippen molar-refractivity contribution in [2.45, 2.75) is 32.1 Å². The summed E-state index contributed by atoms with van der Waals surface area (Å²) in [5.41, 5.74) is 1.59. The minimum absolute atomic E-state index is 0.112. The standard InChI is InChI=1S/C22H25N5O/c23-15-19-6-3-7-20(25-19)26-13-4-10-22(16-26)11-8-21(28)27(17-22)14-9-18-5-1-2-12-24-18/h1-3,5-7,12H,4,8-11,13-14,16-17H2/t22-/m0/s1. The van der Waals surface area contributed by atoms with Gasteiger partial charge in [0.2, 0.25) is 5.91 Å². The Morgan fingerprint density at radius 2 is 2.07 bits per heavy atom.